The van der Waals surface area contributed by atoms with Gasteiger partial charge in [0.1, 0.15) is 0 Å². The van der Waals surface area contributed by atoms with E-state index in [9.17, 15) is 0 Å². The molecular weight excluding hydrogens is 122 g/mol. The highest BCUT2D eigenvalue weighted by molar-refractivity contribution is 7.96. The average Bonchev–Trinajstić information content (AvgIpc) is 1.83. The van der Waals surface area contributed by atoms with Crippen molar-refractivity contribution in [2.75, 3.05) is 19.9 Å². The summed E-state index contributed by atoms with van der Waals surface area (Å²) in [6.45, 7) is 2.15. The fraction of sp³-hybridized carbons (Fsp3) is 1.00. The Kier molecular flexibility index (Phi) is 5.59. The molecule has 8 heavy (non-hydrogen) atoms. The molecule has 0 aromatic rings. The molecule has 0 fully saturated rings. The summed E-state index contributed by atoms with van der Waals surface area (Å²) in [4.78, 5) is 4.85. The lowest BCUT2D eigenvalue weighted by molar-refractivity contribution is -0.0145. The highest BCUT2D eigenvalue weighted by Crippen LogP contribution is 2.06. The molecule has 0 amide bonds. The third kappa shape index (κ3) is 4.43. The lowest BCUT2D eigenvalue weighted by Crippen LogP contribution is -2.06. The zero-order valence-corrected chi connectivity index (χ0v) is 6.49. The van der Waals surface area contributed by atoms with Crippen LogP contribution in [-0.4, -0.2) is 24.4 Å². The van der Waals surface area contributed by atoms with Crippen LogP contribution in [0.15, 0.2) is 0 Å². The van der Waals surface area contributed by atoms with Gasteiger partial charge in [-0.05, 0) is 6.42 Å². The minimum Gasteiger partial charge on any atom is -0.292 e. The summed E-state index contributed by atoms with van der Waals surface area (Å²) in [6.07, 6.45) is 1.19. The van der Waals surface area contributed by atoms with E-state index < -0.39 is 0 Å². The van der Waals surface area contributed by atoms with Gasteiger partial charge in [-0.3, -0.25) is 4.84 Å². The molecule has 0 aliphatic carbocycles. The van der Waals surface area contributed by atoms with Crippen LogP contribution >= 0.6 is 11.9 Å². The predicted molar refractivity (Wildman–Crippen MR) is 37.5 cm³/mol. The van der Waals surface area contributed by atoms with Gasteiger partial charge in [-0.2, -0.15) is 0 Å². The maximum absolute atomic E-state index is 4.85. The van der Waals surface area contributed by atoms with Crippen molar-refractivity contribution in [3.8, 4) is 0 Å². The van der Waals surface area contributed by atoms with Crippen molar-refractivity contribution in [3.63, 3.8) is 0 Å². The van der Waals surface area contributed by atoms with E-state index in [4.69, 9.17) is 4.84 Å². The highest BCUT2D eigenvalue weighted by atomic mass is 32.2. The summed E-state index contributed by atoms with van der Waals surface area (Å²) in [5.74, 6) is 1.13. The van der Waals surface area contributed by atoms with Crippen molar-refractivity contribution in [1.29, 1.82) is 0 Å². The molecule has 0 saturated heterocycles. The average molecular weight is 135 g/mol. The maximum Gasteiger partial charge on any atom is 0.0586 e. The summed E-state index contributed by atoms with van der Waals surface area (Å²) in [6, 6.07) is 0. The number of nitrogens with zero attached hydrogens (tertiary/aromatic N) is 1. The smallest absolute Gasteiger partial charge is 0.0586 e. The second kappa shape index (κ2) is 5.41. The van der Waals surface area contributed by atoms with Crippen LogP contribution in [0.4, 0.5) is 0 Å². The van der Waals surface area contributed by atoms with E-state index in [0.29, 0.717) is 0 Å². The SMILES string of the molecule is CCCSN(C)OC. The van der Waals surface area contributed by atoms with Crippen LogP contribution in [0.5, 0.6) is 0 Å². The minimum absolute atomic E-state index is 1.13. The molecule has 0 spiro atoms. The van der Waals surface area contributed by atoms with Crippen LogP contribution in [-0.2, 0) is 4.84 Å². The van der Waals surface area contributed by atoms with Crippen molar-refractivity contribution in [3.05, 3.63) is 0 Å². The first-order valence-corrected chi connectivity index (χ1v) is 3.66. The van der Waals surface area contributed by atoms with Gasteiger partial charge in [0.05, 0.1) is 7.11 Å². The largest absolute Gasteiger partial charge is 0.292 e. The van der Waals surface area contributed by atoms with Gasteiger partial charge in [0.2, 0.25) is 0 Å². The molecule has 0 aliphatic rings. The first-order chi connectivity index (χ1) is 3.81. The third-order valence-corrected chi connectivity index (χ3v) is 1.84. The fourth-order valence-corrected chi connectivity index (χ4v) is 0.818. The number of hydroxylamine groups is 1. The van der Waals surface area contributed by atoms with E-state index >= 15 is 0 Å². The summed E-state index contributed by atoms with van der Waals surface area (Å²) < 4.78 is 1.75. The molecule has 0 aromatic carbocycles. The summed E-state index contributed by atoms with van der Waals surface area (Å²) in [5, 5.41) is 0. The Hall–Kier alpha value is 0.270. The van der Waals surface area contributed by atoms with Gasteiger partial charge >= 0.3 is 0 Å². The maximum atomic E-state index is 4.85. The Morgan fingerprint density at radius 2 is 2.25 bits per heavy atom. The van der Waals surface area contributed by atoms with E-state index in [0.717, 1.165) is 5.75 Å². The van der Waals surface area contributed by atoms with Gasteiger partial charge in [-0.1, -0.05) is 18.9 Å². The molecule has 0 atom stereocenters. The van der Waals surface area contributed by atoms with E-state index in [1.807, 2.05) is 7.05 Å². The van der Waals surface area contributed by atoms with Crippen LogP contribution in [0, 0.1) is 0 Å². The topological polar surface area (TPSA) is 12.5 Å². The van der Waals surface area contributed by atoms with Gasteiger partial charge in [0, 0.05) is 12.8 Å². The molecule has 2 nitrogen and oxygen atoms in total. The molecule has 3 heteroatoms. The van der Waals surface area contributed by atoms with Crippen LogP contribution in [0.2, 0.25) is 0 Å². The number of hydrogen-bond acceptors (Lipinski definition) is 3. The summed E-state index contributed by atoms with van der Waals surface area (Å²) in [7, 11) is 3.57. The van der Waals surface area contributed by atoms with E-state index in [-0.39, 0.29) is 0 Å². The Balaban J connectivity index is 2.86. The molecule has 0 aromatic heterocycles. The van der Waals surface area contributed by atoms with Crippen molar-refractivity contribution < 1.29 is 4.84 Å². The second-order valence-electron chi connectivity index (χ2n) is 1.46. The van der Waals surface area contributed by atoms with Gasteiger partial charge in [-0.15, -0.1) is 4.47 Å². The molecular formula is C5H13NOS. The quantitative estimate of drug-likeness (QED) is 0.428. The number of hydrogen-bond donors (Lipinski definition) is 0. The lowest BCUT2D eigenvalue weighted by Gasteiger charge is -2.09. The lowest BCUT2D eigenvalue weighted by atomic mass is 10.6. The molecule has 50 valence electrons. The van der Waals surface area contributed by atoms with Gasteiger partial charge < -0.3 is 0 Å². The monoisotopic (exact) mass is 135 g/mol. The Bertz CT molecular complexity index is 51.7. The Morgan fingerprint density at radius 1 is 1.62 bits per heavy atom. The zero-order chi connectivity index (χ0) is 6.41. The van der Waals surface area contributed by atoms with Crippen LogP contribution in [0.25, 0.3) is 0 Å². The molecule has 0 heterocycles. The highest BCUT2D eigenvalue weighted by Gasteiger charge is 1.90. The number of rotatable bonds is 4. The molecule has 0 N–H and O–H groups in total. The van der Waals surface area contributed by atoms with Crippen molar-refractivity contribution in [1.82, 2.24) is 4.47 Å². The molecule has 0 aliphatic heterocycles. The Morgan fingerprint density at radius 3 is 2.62 bits per heavy atom. The van der Waals surface area contributed by atoms with Gasteiger partial charge in [0.25, 0.3) is 0 Å². The standard InChI is InChI=1S/C5H13NOS/c1-4-5-8-6(2)7-3/h4-5H2,1-3H3. The summed E-state index contributed by atoms with van der Waals surface area (Å²) in [5.41, 5.74) is 0. The molecule has 0 radical (unpaired) electrons. The van der Waals surface area contributed by atoms with Gasteiger partial charge in [-0.25, -0.2) is 0 Å². The van der Waals surface area contributed by atoms with Crippen LogP contribution in [0.1, 0.15) is 13.3 Å². The van der Waals surface area contributed by atoms with Crippen LogP contribution in [0.3, 0.4) is 0 Å². The minimum atomic E-state index is 1.13. The van der Waals surface area contributed by atoms with Crippen molar-refractivity contribution in [2.45, 2.75) is 13.3 Å². The second-order valence-corrected chi connectivity index (χ2v) is 2.64. The van der Waals surface area contributed by atoms with Crippen molar-refractivity contribution in [2.24, 2.45) is 0 Å². The first-order valence-electron chi connectivity index (χ1n) is 2.72. The first kappa shape index (κ1) is 8.27. The van der Waals surface area contributed by atoms with Crippen molar-refractivity contribution >= 4 is 11.9 Å². The van der Waals surface area contributed by atoms with Gasteiger partial charge in [0.15, 0.2) is 0 Å². The zero-order valence-electron chi connectivity index (χ0n) is 5.68. The fourth-order valence-electron chi connectivity index (χ4n) is 0.273. The molecule has 0 saturated carbocycles. The van der Waals surface area contributed by atoms with Crippen LogP contribution < -0.4 is 0 Å². The molecule has 0 unspecified atom stereocenters. The molecule has 0 bridgehead atoms. The Labute approximate surface area is 55.3 Å². The third-order valence-electron chi connectivity index (χ3n) is 0.734. The molecule has 0 rings (SSSR count). The van der Waals surface area contributed by atoms with E-state index in [1.54, 1.807) is 23.5 Å². The predicted octanol–water partition coefficient (Wildman–Crippen LogP) is 1.54. The van der Waals surface area contributed by atoms with E-state index in [2.05, 4.69) is 6.92 Å². The summed E-state index contributed by atoms with van der Waals surface area (Å²) >= 11 is 1.69. The van der Waals surface area contributed by atoms with E-state index in [1.165, 1.54) is 6.42 Å². The normalized spacial score (nSPS) is 10.5.